The zero-order chi connectivity index (χ0) is 10.6. The molecule has 0 radical (unpaired) electrons. The third-order valence-corrected chi connectivity index (χ3v) is 2.52. The molecule has 0 spiro atoms. The topological polar surface area (TPSA) is 3.24 Å². The van der Waals surface area contributed by atoms with E-state index < -0.39 is 0 Å². The zero-order valence-corrected chi connectivity index (χ0v) is 9.33. The maximum atomic E-state index is 4.06. The van der Waals surface area contributed by atoms with Crippen LogP contribution in [0.3, 0.4) is 0 Å². The minimum Gasteiger partial charge on any atom is -0.296 e. The molecule has 0 heterocycles. The molecule has 1 aromatic rings. The fourth-order valence-electron chi connectivity index (χ4n) is 1.73. The first-order chi connectivity index (χ1) is 6.66. The summed E-state index contributed by atoms with van der Waals surface area (Å²) in [7, 11) is 2.13. The molecule has 1 atom stereocenters. The van der Waals surface area contributed by atoms with Gasteiger partial charge >= 0.3 is 0 Å². The molecule has 1 heteroatoms. The van der Waals surface area contributed by atoms with Crippen LogP contribution in [-0.4, -0.2) is 18.5 Å². The van der Waals surface area contributed by atoms with Gasteiger partial charge in [-0.15, -0.1) is 0 Å². The average Bonchev–Trinajstić information content (AvgIpc) is 2.19. The summed E-state index contributed by atoms with van der Waals surface area (Å²) in [5.74, 6) is 0. The molecule has 76 valence electrons. The summed E-state index contributed by atoms with van der Waals surface area (Å²) in [4.78, 5) is 2.30. The van der Waals surface area contributed by atoms with Gasteiger partial charge in [0.05, 0.1) is 6.04 Å². The molecular formula is C13H19N. The quantitative estimate of drug-likeness (QED) is 0.657. The highest BCUT2D eigenvalue weighted by Gasteiger charge is 2.15. The van der Waals surface area contributed by atoms with Crippen LogP contribution in [0.2, 0.25) is 0 Å². The van der Waals surface area contributed by atoms with Gasteiger partial charge in [0.1, 0.15) is 0 Å². The van der Waals surface area contributed by atoms with Crippen molar-refractivity contribution < 1.29 is 0 Å². The van der Waals surface area contributed by atoms with E-state index in [0.29, 0.717) is 6.04 Å². The van der Waals surface area contributed by atoms with Crippen molar-refractivity contribution in [3.05, 3.63) is 48.0 Å². The van der Waals surface area contributed by atoms with Gasteiger partial charge in [0.2, 0.25) is 0 Å². The molecule has 0 fully saturated rings. The van der Waals surface area contributed by atoms with Crippen molar-refractivity contribution in [2.45, 2.75) is 19.9 Å². The van der Waals surface area contributed by atoms with Crippen molar-refractivity contribution in [2.75, 3.05) is 13.6 Å². The Labute approximate surface area is 87.1 Å². The molecule has 1 unspecified atom stereocenters. The van der Waals surface area contributed by atoms with Crippen molar-refractivity contribution in [3.63, 3.8) is 0 Å². The van der Waals surface area contributed by atoms with Crippen LogP contribution in [-0.2, 0) is 0 Å². The Morgan fingerprint density at radius 2 is 1.93 bits per heavy atom. The van der Waals surface area contributed by atoms with E-state index in [1.165, 1.54) is 11.1 Å². The van der Waals surface area contributed by atoms with Gasteiger partial charge in [0.25, 0.3) is 0 Å². The van der Waals surface area contributed by atoms with Crippen LogP contribution in [0.25, 0.3) is 0 Å². The molecule has 0 amide bonds. The van der Waals surface area contributed by atoms with Crippen molar-refractivity contribution in [1.82, 2.24) is 4.90 Å². The van der Waals surface area contributed by atoms with E-state index in [1.807, 2.05) is 6.07 Å². The van der Waals surface area contributed by atoms with Crippen LogP contribution in [0.5, 0.6) is 0 Å². The maximum Gasteiger partial charge on any atom is 0.0553 e. The lowest BCUT2D eigenvalue weighted by Gasteiger charge is -2.27. The molecule has 1 rings (SSSR count). The van der Waals surface area contributed by atoms with Crippen molar-refractivity contribution in [3.8, 4) is 0 Å². The number of hydrogen-bond donors (Lipinski definition) is 0. The first kappa shape index (κ1) is 11.0. The van der Waals surface area contributed by atoms with Gasteiger partial charge in [-0.3, -0.25) is 4.90 Å². The van der Waals surface area contributed by atoms with Crippen LogP contribution >= 0.6 is 0 Å². The summed E-state index contributed by atoms with van der Waals surface area (Å²) in [6.07, 6.45) is 0. The normalized spacial score (nSPS) is 12.9. The molecule has 1 nitrogen and oxygen atoms in total. The number of rotatable bonds is 4. The first-order valence-corrected chi connectivity index (χ1v) is 5.07. The van der Waals surface area contributed by atoms with Gasteiger partial charge in [0.15, 0.2) is 0 Å². The van der Waals surface area contributed by atoms with Gasteiger partial charge in [-0.25, -0.2) is 0 Å². The number of benzene rings is 1. The molecule has 1 aromatic carbocycles. The Morgan fingerprint density at radius 3 is 2.36 bits per heavy atom. The average molecular weight is 189 g/mol. The minimum absolute atomic E-state index is 0.348. The van der Waals surface area contributed by atoms with Crippen molar-refractivity contribution in [1.29, 1.82) is 0 Å². The highest BCUT2D eigenvalue weighted by Crippen LogP contribution is 2.25. The van der Waals surface area contributed by atoms with E-state index in [0.717, 1.165) is 6.54 Å². The molecule has 0 bridgehead atoms. The monoisotopic (exact) mass is 189 g/mol. The van der Waals surface area contributed by atoms with E-state index in [-0.39, 0.29) is 0 Å². The molecule has 0 aromatic heterocycles. The smallest absolute Gasteiger partial charge is 0.0553 e. The molecule has 0 aliphatic carbocycles. The fourth-order valence-corrected chi connectivity index (χ4v) is 1.73. The molecule has 0 saturated carbocycles. The van der Waals surface area contributed by atoms with E-state index in [9.17, 15) is 0 Å². The maximum absolute atomic E-state index is 4.06. The standard InChI is InChI=1S/C13H19N/c1-5-14(4)13(11(2)3)12-9-7-6-8-10-12/h6-10,13H,2,5H2,1,3-4H3. The molecule has 14 heavy (non-hydrogen) atoms. The summed E-state index contributed by atoms with van der Waals surface area (Å²) < 4.78 is 0. The Kier molecular flexibility index (Phi) is 3.90. The van der Waals surface area contributed by atoms with Crippen molar-refractivity contribution >= 4 is 0 Å². The van der Waals surface area contributed by atoms with Crippen molar-refractivity contribution in [2.24, 2.45) is 0 Å². The second-order valence-corrected chi connectivity index (χ2v) is 3.73. The fraction of sp³-hybridized carbons (Fsp3) is 0.385. The van der Waals surface area contributed by atoms with Crippen LogP contribution in [0.1, 0.15) is 25.5 Å². The van der Waals surface area contributed by atoms with E-state index in [4.69, 9.17) is 0 Å². The summed E-state index contributed by atoms with van der Waals surface area (Å²) in [5, 5.41) is 0. The Bertz CT molecular complexity index is 289. The van der Waals surface area contributed by atoms with Gasteiger partial charge in [-0.1, -0.05) is 49.4 Å². The third-order valence-electron chi connectivity index (χ3n) is 2.52. The predicted octanol–water partition coefficient (Wildman–Crippen LogP) is 3.26. The summed E-state index contributed by atoms with van der Waals surface area (Å²) in [6.45, 7) is 9.35. The van der Waals surface area contributed by atoms with Gasteiger partial charge in [0, 0.05) is 0 Å². The lowest BCUT2D eigenvalue weighted by Crippen LogP contribution is -2.24. The van der Waals surface area contributed by atoms with Crippen LogP contribution in [0.15, 0.2) is 42.5 Å². The number of likely N-dealkylation sites (N-methyl/N-ethyl adjacent to an activating group) is 1. The molecule has 0 aliphatic heterocycles. The van der Waals surface area contributed by atoms with Gasteiger partial charge in [-0.2, -0.15) is 0 Å². The number of nitrogens with zero attached hydrogens (tertiary/aromatic N) is 1. The highest BCUT2D eigenvalue weighted by molar-refractivity contribution is 5.25. The van der Waals surface area contributed by atoms with Gasteiger partial charge < -0.3 is 0 Å². The van der Waals surface area contributed by atoms with Gasteiger partial charge in [-0.05, 0) is 26.1 Å². The van der Waals surface area contributed by atoms with E-state index in [1.54, 1.807) is 0 Å². The molecule has 0 N–H and O–H groups in total. The minimum atomic E-state index is 0.348. The van der Waals surface area contributed by atoms with Crippen LogP contribution < -0.4 is 0 Å². The van der Waals surface area contributed by atoms with E-state index >= 15 is 0 Å². The second-order valence-electron chi connectivity index (χ2n) is 3.73. The zero-order valence-electron chi connectivity index (χ0n) is 9.33. The lowest BCUT2D eigenvalue weighted by molar-refractivity contribution is 0.290. The summed E-state index contributed by atoms with van der Waals surface area (Å²) in [6, 6.07) is 10.9. The highest BCUT2D eigenvalue weighted by atomic mass is 15.1. The molecule has 0 saturated heterocycles. The van der Waals surface area contributed by atoms with Crippen LogP contribution in [0, 0.1) is 0 Å². The molecule has 0 aliphatic rings. The summed E-state index contributed by atoms with van der Waals surface area (Å²) >= 11 is 0. The third kappa shape index (κ3) is 2.46. The Balaban J connectivity index is 2.95. The predicted molar refractivity (Wildman–Crippen MR) is 62.3 cm³/mol. The SMILES string of the molecule is C=C(C)C(c1ccccc1)N(C)CC. The Morgan fingerprint density at radius 1 is 1.36 bits per heavy atom. The summed E-state index contributed by atoms with van der Waals surface area (Å²) in [5.41, 5.74) is 2.52. The Hall–Kier alpha value is -1.08. The number of hydrogen-bond acceptors (Lipinski definition) is 1. The largest absolute Gasteiger partial charge is 0.296 e. The van der Waals surface area contributed by atoms with E-state index in [2.05, 4.69) is 56.6 Å². The lowest BCUT2D eigenvalue weighted by atomic mass is 10.00. The first-order valence-electron chi connectivity index (χ1n) is 5.07. The second kappa shape index (κ2) is 4.97. The van der Waals surface area contributed by atoms with Crippen LogP contribution in [0.4, 0.5) is 0 Å². The molecular weight excluding hydrogens is 170 g/mol.